The molecule has 2 fully saturated rings. The highest BCUT2D eigenvalue weighted by molar-refractivity contribution is 5.70. The molecule has 0 bridgehead atoms. The van der Waals surface area contributed by atoms with E-state index < -0.39 is 0 Å². The SMILES string of the molecule is O=C1CCCC(CCCCOCCCOCCCCC2CCCCO2)O1. The van der Waals surface area contributed by atoms with Crippen LogP contribution in [0.1, 0.15) is 83.5 Å². The standard InChI is InChI=1S/C21H38O5/c22-21-13-7-12-20(26-21)11-2-5-15-24-17-8-16-23-14-4-1-9-19-10-3-6-18-25-19/h19-20H,1-18H2. The molecule has 0 N–H and O–H groups in total. The van der Waals surface area contributed by atoms with E-state index in [-0.39, 0.29) is 12.1 Å². The van der Waals surface area contributed by atoms with E-state index in [9.17, 15) is 4.79 Å². The van der Waals surface area contributed by atoms with Crippen LogP contribution in [0, 0.1) is 0 Å². The summed E-state index contributed by atoms with van der Waals surface area (Å²) in [5.74, 6) is -0.0279. The normalized spacial score (nSPS) is 23.8. The summed E-state index contributed by atoms with van der Waals surface area (Å²) < 4.78 is 22.4. The molecule has 2 rings (SSSR count). The summed E-state index contributed by atoms with van der Waals surface area (Å²) in [6, 6.07) is 0. The molecule has 2 unspecified atom stereocenters. The van der Waals surface area contributed by atoms with Crippen LogP contribution in [-0.2, 0) is 23.7 Å². The Hall–Kier alpha value is -0.650. The highest BCUT2D eigenvalue weighted by atomic mass is 16.5. The van der Waals surface area contributed by atoms with E-state index in [4.69, 9.17) is 18.9 Å². The van der Waals surface area contributed by atoms with Crippen LogP contribution < -0.4 is 0 Å². The highest BCUT2D eigenvalue weighted by Gasteiger charge is 2.19. The summed E-state index contributed by atoms with van der Waals surface area (Å²) in [5, 5.41) is 0. The second kappa shape index (κ2) is 14.4. The van der Waals surface area contributed by atoms with Crippen molar-refractivity contribution in [3.05, 3.63) is 0 Å². The van der Waals surface area contributed by atoms with Crippen molar-refractivity contribution in [1.29, 1.82) is 0 Å². The van der Waals surface area contributed by atoms with Crippen molar-refractivity contribution < 1.29 is 23.7 Å². The molecule has 0 saturated carbocycles. The van der Waals surface area contributed by atoms with Crippen molar-refractivity contribution in [2.75, 3.05) is 33.0 Å². The van der Waals surface area contributed by atoms with Gasteiger partial charge in [-0.05, 0) is 77.0 Å². The molecular formula is C21H38O5. The van der Waals surface area contributed by atoms with Gasteiger partial charge in [0.1, 0.15) is 6.10 Å². The molecule has 0 spiro atoms. The molecule has 0 aromatic rings. The highest BCUT2D eigenvalue weighted by Crippen LogP contribution is 2.19. The second-order valence-electron chi connectivity index (χ2n) is 7.56. The molecule has 0 amide bonds. The van der Waals surface area contributed by atoms with Gasteiger partial charge in [-0.1, -0.05) is 0 Å². The zero-order chi connectivity index (χ0) is 18.3. The molecule has 2 aliphatic rings. The van der Waals surface area contributed by atoms with Crippen molar-refractivity contribution in [1.82, 2.24) is 0 Å². The molecule has 0 aromatic carbocycles. The number of carbonyl (C=O) groups excluding carboxylic acids is 1. The number of esters is 1. The van der Waals surface area contributed by atoms with E-state index in [0.29, 0.717) is 12.5 Å². The van der Waals surface area contributed by atoms with Gasteiger partial charge in [-0.25, -0.2) is 0 Å². The minimum absolute atomic E-state index is 0.0279. The van der Waals surface area contributed by atoms with Crippen LogP contribution in [0.2, 0.25) is 0 Å². The number of ether oxygens (including phenoxy) is 4. The lowest BCUT2D eigenvalue weighted by molar-refractivity contribution is -0.154. The summed E-state index contributed by atoms with van der Waals surface area (Å²) >= 11 is 0. The van der Waals surface area contributed by atoms with Gasteiger partial charge in [0.05, 0.1) is 6.10 Å². The second-order valence-corrected chi connectivity index (χ2v) is 7.56. The minimum atomic E-state index is -0.0279. The molecule has 0 radical (unpaired) electrons. The molecule has 2 atom stereocenters. The number of rotatable bonds is 14. The van der Waals surface area contributed by atoms with Gasteiger partial charge in [-0.3, -0.25) is 4.79 Å². The van der Waals surface area contributed by atoms with Crippen LogP contribution in [-0.4, -0.2) is 51.2 Å². The molecule has 2 aliphatic heterocycles. The van der Waals surface area contributed by atoms with Crippen molar-refractivity contribution in [2.24, 2.45) is 0 Å². The lowest BCUT2D eigenvalue weighted by Crippen LogP contribution is -2.23. The molecule has 0 aliphatic carbocycles. The number of unbranched alkanes of at least 4 members (excludes halogenated alkanes) is 2. The van der Waals surface area contributed by atoms with E-state index >= 15 is 0 Å². The Morgan fingerprint density at radius 1 is 0.769 bits per heavy atom. The topological polar surface area (TPSA) is 54.0 Å². The average molecular weight is 371 g/mol. The van der Waals surface area contributed by atoms with Gasteiger partial charge in [-0.15, -0.1) is 0 Å². The third kappa shape index (κ3) is 10.5. The van der Waals surface area contributed by atoms with E-state index in [2.05, 4.69) is 0 Å². The molecule has 5 heteroatoms. The van der Waals surface area contributed by atoms with Gasteiger partial charge in [-0.2, -0.15) is 0 Å². The maximum atomic E-state index is 11.2. The van der Waals surface area contributed by atoms with Gasteiger partial charge in [0, 0.05) is 39.5 Å². The predicted molar refractivity (Wildman–Crippen MR) is 101 cm³/mol. The first-order valence-electron chi connectivity index (χ1n) is 10.8. The Balaban J connectivity index is 1.25. The van der Waals surface area contributed by atoms with Crippen LogP contribution in [0.25, 0.3) is 0 Å². The van der Waals surface area contributed by atoms with Gasteiger partial charge in [0.15, 0.2) is 0 Å². The third-order valence-corrected chi connectivity index (χ3v) is 5.19. The first-order valence-corrected chi connectivity index (χ1v) is 10.8. The fourth-order valence-corrected chi connectivity index (χ4v) is 3.64. The number of hydrogen-bond acceptors (Lipinski definition) is 5. The summed E-state index contributed by atoms with van der Waals surface area (Å²) in [7, 11) is 0. The first-order chi connectivity index (χ1) is 12.8. The zero-order valence-electron chi connectivity index (χ0n) is 16.4. The Kier molecular flexibility index (Phi) is 12.0. The van der Waals surface area contributed by atoms with E-state index in [1.54, 1.807) is 0 Å². The van der Waals surface area contributed by atoms with Crippen molar-refractivity contribution >= 4 is 5.97 Å². The Morgan fingerprint density at radius 2 is 1.42 bits per heavy atom. The molecule has 0 aromatic heterocycles. The molecule has 2 heterocycles. The molecular weight excluding hydrogens is 332 g/mol. The van der Waals surface area contributed by atoms with Gasteiger partial charge in [0.2, 0.25) is 0 Å². The predicted octanol–water partition coefficient (Wildman–Crippen LogP) is 4.42. The fourth-order valence-electron chi connectivity index (χ4n) is 3.64. The monoisotopic (exact) mass is 370 g/mol. The summed E-state index contributed by atoms with van der Waals surface area (Å²) in [6.07, 6.45) is 14.6. The summed E-state index contributed by atoms with van der Waals surface area (Å²) in [5.41, 5.74) is 0. The summed E-state index contributed by atoms with van der Waals surface area (Å²) in [4.78, 5) is 11.2. The van der Waals surface area contributed by atoms with Crippen LogP contribution >= 0.6 is 0 Å². The molecule has 152 valence electrons. The quantitative estimate of drug-likeness (QED) is 0.335. The number of cyclic esters (lactones) is 1. The Morgan fingerprint density at radius 3 is 2.08 bits per heavy atom. The largest absolute Gasteiger partial charge is 0.462 e. The Labute approximate surface area is 159 Å². The molecule has 2 saturated heterocycles. The average Bonchev–Trinajstić information content (AvgIpc) is 2.66. The third-order valence-electron chi connectivity index (χ3n) is 5.19. The van der Waals surface area contributed by atoms with Crippen molar-refractivity contribution in [2.45, 2.75) is 95.7 Å². The van der Waals surface area contributed by atoms with E-state index in [0.717, 1.165) is 78.0 Å². The lowest BCUT2D eigenvalue weighted by atomic mass is 10.0. The van der Waals surface area contributed by atoms with Gasteiger partial charge < -0.3 is 18.9 Å². The molecule has 5 nitrogen and oxygen atoms in total. The van der Waals surface area contributed by atoms with E-state index in [1.165, 1.54) is 32.1 Å². The first kappa shape index (κ1) is 21.6. The van der Waals surface area contributed by atoms with Crippen LogP contribution in [0.15, 0.2) is 0 Å². The minimum Gasteiger partial charge on any atom is -0.462 e. The fraction of sp³-hybridized carbons (Fsp3) is 0.952. The summed E-state index contributed by atoms with van der Waals surface area (Å²) in [6.45, 7) is 4.16. The maximum Gasteiger partial charge on any atom is 0.306 e. The van der Waals surface area contributed by atoms with Crippen LogP contribution in [0.3, 0.4) is 0 Å². The Bertz CT molecular complexity index is 354. The maximum absolute atomic E-state index is 11.2. The number of carbonyl (C=O) groups is 1. The van der Waals surface area contributed by atoms with Crippen molar-refractivity contribution in [3.63, 3.8) is 0 Å². The van der Waals surface area contributed by atoms with E-state index in [1.807, 2.05) is 0 Å². The van der Waals surface area contributed by atoms with Crippen LogP contribution in [0.5, 0.6) is 0 Å². The zero-order valence-corrected chi connectivity index (χ0v) is 16.4. The van der Waals surface area contributed by atoms with Crippen LogP contribution in [0.4, 0.5) is 0 Å². The van der Waals surface area contributed by atoms with Gasteiger partial charge >= 0.3 is 5.97 Å². The number of hydrogen-bond donors (Lipinski definition) is 0. The molecule has 26 heavy (non-hydrogen) atoms. The van der Waals surface area contributed by atoms with Crippen molar-refractivity contribution in [3.8, 4) is 0 Å². The smallest absolute Gasteiger partial charge is 0.306 e. The van der Waals surface area contributed by atoms with Gasteiger partial charge in [0.25, 0.3) is 0 Å². The lowest BCUT2D eigenvalue weighted by Gasteiger charge is -2.22.